The Morgan fingerprint density at radius 2 is 1.71 bits per heavy atom. The first kappa shape index (κ1) is 17.0. The van der Waals surface area contributed by atoms with E-state index in [0.717, 1.165) is 18.2 Å². The smallest absolute Gasteiger partial charge is 0.328 e. The number of amides is 1. The number of hydrogen-bond donors (Lipinski definition) is 1. The summed E-state index contributed by atoms with van der Waals surface area (Å²) in [4.78, 5) is 24.8. The number of hydrogen-bond acceptors (Lipinski definition) is 2. The maximum Gasteiger partial charge on any atom is 0.328 e. The highest BCUT2D eigenvalue weighted by Gasteiger charge is 2.19. The molecular formula is C17H23NO3. The molecule has 0 saturated carbocycles. The molecule has 0 spiro atoms. The van der Waals surface area contributed by atoms with Gasteiger partial charge >= 0.3 is 5.97 Å². The zero-order valence-corrected chi connectivity index (χ0v) is 13.0. The predicted molar refractivity (Wildman–Crippen MR) is 84.1 cm³/mol. The van der Waals surface area contributed by atoms with E-state index in [2.05, 4.69) is 13.8 Å². The molecule has 0 heterocycles. The van der Waals surface area contributed by atoms with Crippen LogP contribution in [0.3, 0.4) is 0 Å². The molecule has 0 radical (unpaired) electrons. The summed E-state index contributed by atoms with van der Waals surface area (Å²) in [6, 6.07) is 7.12. The van der Waals surface area contributed by atoms with E-state index < -0.39 is 5.97 Å². The SMILES string of the molecule is CC(C)CN(C(=O)c1ccc(C=CC(=O)O)cc1)C(C)C. The number of carboxylic acids is 1. The number of nitrogens with zero attached hydrogens (tertiary/aromatic N) is 1. The minimum absolute atomic E-state index is 0.00691. The molecular weight excluding hydrogens is 266 g/mol. The van der Waals surface area contributed by atoms with Crippen molar-refractivity contribution in [3.05, 3.63) is 41.5 Å². The summed E-state index contributed by atoms with van der Waals surface area (Å²) in [5.41, 5.74) is 1.38. The summed E-state index contributed by atoms with van der Waals surface area (Å²) < 4.78 is 0. The zero-order valence-electron chi connectivity index (χ0n) is 13.0. The molecule has 0 saturated heterocycles. The Morgan fingerprint density at radius 3 is 2.14 bits per heavy atom. The molecule has 4 heteroatoms. The lowest BCUT2D eigenvalue weighted by Gasteiger charge is -2.28. The van der Waals surface area contributed by atoms with Gasteiger partial charge in [0.05, 0.1) is 0 Å². The van der Waals surface area contributed by atoms with Crippen molar-refractivity contribution >= 4 is 18.0 Å². The molecule has 0 atom stereocenters. The Morgan fingerprint density at radius 1 is 1.14 bits per heavy atom. The third kappa shape index (κ3) is 5.42. The van der Waals surface area contributed by atoms with Gasteiger partial charge in [-0.05, 0) is 43.5 Å². The van der Waals surface area contributed by atoms with E-state index in [-0.39, 0.29) is 11.9 Å². The minimum Gasteiger partial charge on any atom is -0.478 e. The minimum atomic E-state index is -0.988. The molecule has 0 aliphatic heterocycles. The second-order valence-corrected chi connectivity index (χ2v) is 5.74. The van der Waals surface area contributed by atoms with Crippen molar-refractivity contribution in [2.75, 3.05) is 6.54 Å². The fourth-order valence-corrected chi connectivity index (χ4v) is 1.99. The molecule has 1 N–H and O–H groups in total. The Bertz CT molecular complexity index is 515. The number of benzene rings is 1. The first-order valence-electron chi connectivity index (χ1n) is 7.13. The maximum absolute atomic E-state index is 12.5. The van der Waals surface area contributed by atoms with E-state index in [1.54, 1.807) is 24.3 Å². The van der Waals surface area contributed by atoms with E-state index in [4.69, 9.17) is 5.11 Å². The highest BCUT2D eigenvalue weighted by Crippen LogP contribution is 2.13. The van der Waals surface area contributed by atoms with E-state index in [0.29, 0.717) is 11.5 Å². The predicted octanol–water partition coefficient (Wildman–Crippen LogP) is 3.29. The van der Waals surface area contributed by atoms with Gasteiger partial charge in [-0.25, -0.2) is 4.79 Å². The van der Waals surface area contributed by atoms with E-state index in [1.165, 1.54) is 6.08 Å². The second kappa shape index (κ2) is 7.62. The Labute approximate surface area is 126 Å². The summed E-state index contributed by atoms with van der Waals surface area (Å²) in [6.07, 6.45) is 2.58. The van der Waals surface area contributed by atoms with Crippen LogP contribution in [0.5, 0.6) is 0 Å². The van der Waals surface area contributed by atoms with Crippen LogP contribution >= 0.6 is 0 Å². The van der Waals surface area contributed by atoms with Crippen LogP contribution in [0.2, 0.25) is 0 Å². The normalized spacial score (nSPS) is 11.3. The monoisotopic (exact) mass is 289 g/mol. The maximum atomic E-state index is 12.5. The Hall–Kier alpha value is -2.10. The first-order chi connectivity index (χ1) is 9.81. The van der Waals surface area contributed by atoms with Crippen LogP contribution in [0.1, 0.15) is 43.6 Å². The van der Waals surface area contributed by atoms with Crippen molar-refractivity contribution < 1.29 is 14.7 Å². The van der Waals surface area contributed by atoms with Gasteiger partial charge in [-0.3, -0.25) is 4.79 Å². The largest absolute Gasteiger partial charge is 0.478 e. The number of carbonyl (C=O) groups is 2. The quantitative estimate of drug-likeness (QED) is 0.817. The lowest BCUT2D eigenvalue weighted by Crippen LogP contribution is -2.39. The van der Waals surface area contributed by atoms with Gasteiger partial charge in [0.15, 0.2) is 0 Å². The fraction of sp³-hybridized carbons (Fsp3) is 0.412. The lowest BCUT2D eigenvalue weighted by atomic mass is 10.1. The van der Waals surface area contributed by atoms with Gasteiger partial charge in [0.2, 0.25) is 0 Å². The first-order valence-corrected chi connectivity index (χ1v) is 7.13. The van der Waals surface area contributed by atoms with Crippen molar-refractivity contribution in [2.45, 2.75) is 33.7 Å². The Kier molecular flexibility index (Phi) is 6.15. The summed E-state index contributed by atoms with van der Waals surface area (Å²) in [7, 11) is 0. The molecule has 1 aromatic rings. The van der Waals surface area contributed by atoms with Gasteiger partial charge in [-0.1, -0.05) is 26.0 Å². The van der Waals surface area contributed by atoms with Crippen LogP contribution < -0.4 is 0 Å². The summed E-state index contributed by atoms with van der Waals surface area (Å²) >= 11 is 0. The molecule has 1 amide bonds. The molecule has 0 aliphatic carbocycles. The van der Waals surface area contributed by atoms with Gasteiger partial charge in [0.1, 0.15) is 0 Å². The third-order valence-corrected chi connectivity index (χ3v) is 3.02. The van der Waals surface area contributed by atoms with Crippen molar-refractivity contribution in [3.8, 4) is 0 Å². The molecule has 0 unspecified atom stereocenters. The highest BCUT2D eigenvalue weighted by atomic mass is 16.4. The second-order valence-electron chi connectivity index (χ2n) is 5.74. The van der Waals surface area contributed by atoms with Crippen molar-refractivity contribution in [1.29, 1.82) is 0 Å². The van der Waals surface area contributed by atoms with Gasteiger partial charge in [0, 0.05) is 24.2 Å². The Balaban J connectivity index is 2.89. The number of carbonyl (C=O) groups excluding carboxylic acids is 1. The van der Waals surface area contributed by atoms with Crippen LogP contribution in [-0.2, 0) is 4.79 Å². The van der Waals surface area contributed by atoms with Crippen molar-refractivity contribution in [1.82, 2.24) is 4.90 Å². The van der Waals surface area contributed by atoms with Gasteiger partial charge in [-0.2, -0.15) is 0 Å². The number of carboxylic acid groups (broad SMARTS) is 1. The van der Waals surface area contributed by atoms with Gasteiger partial charge in [-0.15, -0.1) is 0 Å². The highest BCUT2D eigenvalue weighted by molar-refractivity contribution is 5.94. The number of rotatable bonds is 6. The third-order valence-electron chi connectivity index (χ3n) is 3.02. The molecule has 0 aromatic heterocycles. The van der Waals surface area contributed by atoms with E-state index >= 15 is 0 Å². The molecule has 21 heavy (non-hydrogen) atoms. The van der Waals surface area contributed by atoms with Crippen molar-refractivity contribution in [2.24, 2.45) is 5.92 Å². The van der Waals surface area contributed by atoms with Crippen LogP contribution in [0.15, 0.2) is 30.3 Å². The van der Waals surface area contributed by atoms with Crippen LogP contribution in [0.25, 0.3) is 6.08 Å². The molecule has 0 aliphatic rings. The number of aliphatic carboxylic acids is 1. The average molecular weight is 289 g/mol. The summed E-state index contributed by atoms with van der Waals surface area (Å²) in [5, 5.41) is 8.59. The van der Waals surface area contributed by atoms with E-state index in [1.807, 2.05) is 18.7 Å². The summed E-state index contributed by atoms with van der Waals surface area (Å²) in [6.45, 7) is 8.90. The molecule has 1 rings (SSSR count). The summed E-state index contributed by atoms with van der Waals surface area (Å²) in [5.74, 6) is -0.570. The van der Waals surface area contributed by atoms with Crippen LogP contribution in [-0.4, -0.2) is 34.5 Å². The van der Waals surface area contributed by atoms with Crippen LogP contribution in [0.4, 0.5) is 0 Å². The van der Waals surface area contributed by atoms with Crippen LogP contribution in [0, 0.1) is 5.92 Å². The van der Waals surface area contributed by atoms with E-state index in [9.17, 15) is 9.59 Å². The van der Waals surface area contributed by atoms with Gasteiger partial charge < -0.3 is 10.0 Å². The molecule has 4 nitrogen and oxygen atoms in total. The standard InChI is InChI=1S/C17H23NO3/c1-12(2)11-18(13(3)4)17(21)15-8-5-14(6-9-15)7-10-16(19)20/h5-10,12-13H,11H2,1-4H3,(H,19,20). The molecule has 114 valence electrons. The average Bonchev–Trinajstić information content (AvgIpc) is 2.42. The fourth-order valence-electron chi connectivity index (χ4n) is 1.99. The molecule has 0 bridgehead atoms. The molecule has 0 fully saturated rings. The van der Waals surface area contributed by atoms with Gasteiger partial charge in [0.25, 0.3) is 5.91 Å². The molecule has 1 aromatic carbocycles. The topological polar surface area (TPSA) is 57.6 Å². The lowest BCUT2D eigenvalue weighted by molar-refractivity contribution is -0.131. The zero-order chi connectivity index (χ0) is 16.0. The van der Waals surface area contributed by atoms with Crippen molar-refractivity contribution in [3.63, 3.8) is 0 Å².